The van der Waals surface area contributed by atoms with Gasteiger partial charge >= 0.3 is 6.18 Å². The van der Waals surface area contributed by atoms with E-state index < -0.39 is 17.8 Å². The Morgan fingerprint density at radius 1 is 1.25 bits per heavy atom. The van der Waals surface area contributed by atoms with Crippen LogP contribution in [0.2, 0.25) is 0 Å². The summed E-state index contributed by atoms with van der Waals surface area (Å²) in [5.41, 5.74) is -0.570. The van der Waals surface area contributed by atoms with Crippen molar-refractivity contribution in [3.8, 4) is 11.6 Å². The molecule has 0 spiro atoms. The molecule has 0 bridgehead atoms. The van der Waals surface area contributed by atoms with Gasteiger partial charge in [-0.25, -0.2) is 4.31 Å². The van der Waals surface area contributed by atoms with E-state index in [-0.39, 0.29) is 30.5 Å². The van der Waals surface area contributed by atoms with E-state index in [4.69, 9.17) is 4.74 Å². The van der Waals surface area contributed by atoms with Crippen LogP contribution in [-0.2, 0) is 0 Å². The zero-order valence-corrected chi connectivity index (χ0v) is 14.9. The summed E-state index contributed by atoms with van der Waals surface area (Å²) >= 11 is 1.29. The Morgan fingerprint density at radius 2 is 1.92 bits per heavy atom. The van der Waals surface area contributed by atoms with Crippen LogP contribution >= 0.6 is 11.9 Å². The average molecular weight is 365 g/mol. The third-order valence-corrected chi connectivity index (χ3v) is 4.31. The van der Waals surface area contributed by atoms with Gasteiger partial charge in [0.15, 0.2) is 0 Å². The zero-order valence-electron chi connectivity index (χ0n) is 14.1. The normalized spacial score (nSPS) is 20.3. The van der Waals surface area contributed by atoms with E-state index >= 15 is 0 Å². The fourth-order valence-corrected chi connectivity index (χ4v) is 3.02. The minimum absolute atomic E-state index is 0.0670. The van der Waals surface area contributed by atoms with Gasteiger partial charge in [-0.3, -0.25) is 0 Å². The molecule has 0 saturated carbocycles. The van der Waals surface area contributed by atoms with Crippen LogP contribution in [0.3, 0.4) is 0 Å². The maximum atomic E-state index is 13.5. The monoisotopic (exact) mass is 365 g/mol. The third-order valence-electron chi connectivity index (χ3n) is 3.46. The molecular formula is C15H22F3N3O2S. The first-order chi connectivity index (χ1) is 11.0. The molecule has 0 amide bonds. The maximum absolute atomic E-state index is 13.5. The topological polar surface area (TPSA) is 48.8 Å². The van der Waals surface area contributed by atoms with Crippen molar-refractivity contribution in [2.75, 3.05) is 30.8 Å². The van der Waals surface area contributed by atoms with Crippen LogP contribution in [0.25, 0.3) is 0 Å². The molecule has 1 saturated heterocycles. The van der Waals surface area contributed by atoms with Gasteiger partial charge in [-0.1, -0.05) is 11.9 Å². The van der Waals surface area contributed by atoms with Crippen molar-refractivity contribution in [1.82, 2.24) is 9.29 Å². The summed E-state index contributed by atoms with van der Waals surface area (Å²) in [5, 5.41) is 9.87. The summed E-state index contributed by atoms with van der Waals surface area (Å²) in [5.74, 6) is -0.00415. The van der Waals surface area contributed by atoms with Crippen molar-refractivity contribution in [3.63, 3.8) is 0 Å². The first kappa shape index (κ1) is 19.0. The Morgan fingerprint density at radius 3 is 2.46 bits per heavy atom. The fourth-order valence-electron chi connectivity index (χ4n) is 2.47. The molecule has 0 aromatic carbocycles. The van der Waals surface area contributed by atoms with Gasteiger partial charge in [0, 0.05) is 31.8 Å². The van der Waals surface area contributed by atoms with Crippen LogP contribution < -0.4 is 9.64 Å². The Kier molecular flexibility index (Phi) is 5.44. The van der Waals surface area contributed by atoms with Crippen molar-refractivity contribution in [1.29, 1.82) is 0 Å². The lowest BCUT2D eigenvalue weighted by molar-refractivity contribution is -0.153. The molecule has 1 aliphatic heterocycles. The van der Waals surface area contributed by atoms with Crippen molar-refractivity contribution < 1.29 is 23.0 Å². The number of anilines is 1. The first-order valence-corrected chi connectivity index (χ1v) is 8.70. The number of halogens is 3. The highest BCUT2D eigenvalue weighted by Gasteiger charge is 2.47. The third kappa shape index (κ3) is 4.83. The molecule has 1 fully saturated rings. The Hall–Kier alpha value is -1.35. The molecule has 1 unspecified atom stereocenters. The largest absolute Gasteiger partial charge is 0.508 e. The predicted octanol–water partition coefficient (Wildman–Crippen LogP) is 3.30. The molecular weight excluding hydrogens is 343 g/mol. The van der Waals surface area contributed by atoms with E-state index in [1.165, 1.54) is 29.0 Å². The summed E-state index contributed by atoms with van der Waals surface area (Å²) in [6, 6.07) is 0.855. The van der Waals surface area contributed by atoms with Gasteiger partial charge in [-0.15, -0.1) is 0 Å². The van der Waals surface area contributed by atoms with Gasteiger partial charge in [-0.05, 0) is 27.0 Å². The number of aromatic nitrogens is 1. The summed E-state index contributed by atoms with van der Waals surface area (Å²) in [6.07, 6.45) is -2.64. The molecule has 2 rings (SSSR count). The van der Waals surface area contributed by atoms with Gasteiger partial charge in [0.1, 0.15) is 23.2 Å². The average Bonchev–Trinajstić information content (AvgIpc) is 2.43. The van der Waals surface area contributed by atoms with Crippen LogP contribution in [0.15, 0.2) is 12.1 Å². The first-order valence-electron chi connectivity index (χ1n) is 7.52. The Labute approximate surface area is 143 Å². The van der Waals surface area contributed by atoms with E-state index in [1.807, 2.05) is 0 Å². The molecule has 1 aliphatic rings. The number of hydrogen-bond donors (Lipinski definition) is 1. The number of nitrogens with zero attached hydrogens (tertiary/aromatic N) is 3. The maximum Gasteiger partial charge on any atom is 0.410 e. The standard InChI is InChI=1S/C15H22F3N3O2S/c1-14(2,3)23-13-8-10(22)7-12(19-13)21-6-5-20(24-4)9-11(21)15(16,17)18/h7-8,11H,5-6,9H2,1-4H3,(H,19,22). The van der Waals surface area contributed by atoms with Crippen LogP contribution in [-0.4, -0.2) is 58.1 Å². The Bertz CT molecular complexity index is 578. The number of pyridine rings is 1. The number of ether oxygens (including phenoxy) is 1. The van der Waals surface area contributed by atoms with Crippen molar-refractivity contribution in [2.45, 2.75) is 38.6 Å². The van der Waals surface area contributed by atoms with E-state index in [9.17, 15) is 18.3 Å². The molecule has 0 aliphatic carbocycles. The van der Waals surface area contributed by atoms with Gasteiger partial charge in [0.2, 0.25) is 5.88 Å². The summed E-state index contributed by atoms with van der Waals surface area (Å²) < 4.78 is 47.6. The number of aromatic hydroxyl groups is 1. The van der Waals surface area contributed by atoms with E-state index in [1.54, 1.807) is 31.3 Å². The molecule has 24 heavy (non-hydrogen) atoms. The molecule has 2 heterocycles. The van der Waals surface area contributed by atoms with Crippen LogP contribution in [0.4, 0.5) is 19.0 Å². The zero-order chi connectivity index (χ0) is 18.1. The quantitative estimate of drug-likeness (QED) is 0.830. The lowest BCUT2D eigenvalue weighted by atomic mass is 10.1. The molecule has 1 aromatic rings. The van der Waals surface area contributed by atoms with Crippen molar-refractivity contribution in [2.24, 2.45) is 0 Å². The highest BCUT2D eigenvalue weighted by atomic mass is 32.2. The highest BCUT2D eigenvalue weighted by molar-refractivity contribution is 7.96. The number of hydrogen-bond acceptors (Lipinski definition) is 6. The molecule has 1 aromatic heterocycles. The van der Waals surface area contributed by atoms with Gasteiger partial charge in [-0.2, -0.15) is 18.2 Å². The molecule has 1 N–H and O–H groups in total. The van der Waals surface area contributed by atoms with Gasteiger partial charge in [0.05, 0.1) is 0 Å². The van der Waals surface area contributed by atoms with Crippen LogP contribution in [0.1, 0.15) is 20.8 Å². The van der Waals surface area contributed by atoms with E-state index in [0.717, 1.165) is 0 Å². The minimum atomic E-state index is -4.40. The van der Waals surface area contributed by atoms with Crippen molar-refractivity contribution >= 4 is 17.8 Å². The fraction of sp³-hybridized carbons (Fsp3) is 0.667. The highest BCUT2D eigenvalue weighted by Crippen LogP contribution is 2.34. The summed E-state index contributed by atoms with van der Waals surface area (Å²) in [4.78, 5) is 5.36. The summed E-state index contributed by atoms with van der Waals surface area (Å²) in [7, 11) is 0. The molecule has 0 radical (unpaired) electrons. The van der Waals surface area contributed by atoms with Crippen LogP contribution in [0, 0.1) is 0 Å². The smallest absolute Gasteiger partial charge is 0.410 e. The molecule has 9 heteroatoms. The number of alkyl halides is 3. The molecule has 136 valence electrons. The molecule has 5 nitrogen and oxygen atoms in total. The van der Waals surface area contributed by atoms with Gasteiger partial charge in [0.25, 0.3) is 0 Å². The molecule has 1 atom stereocenters. The second kappa shape index (κ2) is 6.87. The second-order valence-corrected chi connectivity index (χ2v) is 7.44. The second-order valence-electron chi connectivity index (χ2n) is 6.56. The van der Waals surface area contributed by atoms with Crippen LogP contribution in [0.5, 0.6) is 11.6 Å². The SMILES string of the molecule is CSN1CCN(c2cc(O)cc(OC(C)(C)C)n2)C(C(F)(F)F)C1. The van der Waals surface area contributed by atoms with E-state index in [0.29, 0.717) is 6.54 Å². The number of piperazine rings is 1. The number of rotatable bonds is 3. The van der Waals surface area contributed by atoms with Gasteiger partial charge < -0.3 is 14.7 Å². The predicted molar refractivity (Wildman–Crippen MR) is 88.6 cm³/mol. The lowest BCUT2D eigenvalue weighted by Gasteiger charge is -2.41. The van der Waals surface area contributed by atoms with Crippen molar-refractivity contribution in [3.05, 3.63) is 12.1 Å². The minimum Gasteiger partial charge on any atom is -0.508 e. The lowest BCUT2D eigenvalue weighted by Crippen LogP contribution is -2.57. The van der Waals surface area contributed by atoms with E-state index in [2.05, 4.69) is 4.98 Å². The Balaban J connectivity index is 2.34. The summed E-state index contributed by atoms with van der Waals surface area (Å²) in [6.45, 7) is 5.88.